The average Bonchev–Trinajstić information content (AvgIpc) is 3.12. The number of halogens is 1. The molecule has 132 valence electrons. The number of rotatable bonds is 6. The SMILES string of the molecule is CCCNCCNC(=O)c1sc2nc3n(c(=O)c2c1C)CCC3.Cl. The molecule has 2 N–H and O–H groups in total. The maximum atomic E-state index is 12.6. The van der Waals surface area contributed by atoms with Crippen LogP contribution in [0.3, 0.4) is 0 Å². The van der Waals surface area contributed by atoms with Gasteiger partial charge >= 0.3 is 0 Å². The van der Waals surface area contributed by atoms with Crippen LogP contribution in [0.25, 0.3) is 10.2 Å². The van der Waals surface area contributed by atoms with E-state index < -0.39 is 0 Å². The van der Waals surface area contributed by atoms with E-state index in [1.165, 1.54) is 11.3 Å². The molecule has 0 radical (unpaired) electrons. The number of fused-ring (bicyclic) bond motifs is 2. The molecule has 1 aliphatic rings. The molecule has 1 aliphatic heterocycles. The summed E-state index contributed by atoms with van der Waals surface area (Å²) < 4.78 is 1.75. The van der Waals surface area contributed by atoms with Gasteiger partial charge in [-0.3, -0.25) is 14.2 Å². The summed E-state index contributed by atoms with van der Waals surface area (Å²) in [6.07, 6.45) is 2.88. The average molecular weight is 371 g/mol. The highest BCUT2D eigenvalue weighted by molar-refractivity contribution is 7.20. The number of amides is 1. The van der Waals surface area contributed by atoms with Gasteiger partial charge in [-0.1, -0.05) is 6.92 Å². The second kappa shape index (κ2) is 8.09. The van der Waals surface area contributed by atoms with E-state index in [4.69, 9.17) is 0 Å². The summed E-state index contributed by atoms with van der Waals surface area (Å²) in [5, 5.41) is 6.76. The quantitative estimate of drug-likeness (QED) is 0.761. The number of aryl methyl sites for hydroxylation is 2. The van der Waals surface area contributed by atoms with Crippen molar-refractivity contribution in [2.75, 3.05) is 19.6 Å². The number of aromatic nitrogens is 2. The predicted molar refractivity (Wildman–Crippen MR) is 99.7 cm³/mol. The van der Waals surface area contributed by atoms with E-state index in [9.17, 15) is 9.59 Å². The van der Waals surface area contributed by atoms with Crippen LogP contribution in [0.5, 0.6) is 0 Å². The smallest absolute Gasteiger partial charge is 0.262 e. The van der Waals surface area contributed by atoms with Crippen LogP contribution in [0.2, 0.25) is 0 Å². The Morgan fingerprint density at radius 2 is 2.12 bits per heavy atom. The maximum absolute atomic E-state index is 12.6. The first-order valence-electron chi connectivity index (χ1n) is 8.15. The molecule has 3 rings (SSSR count). The Bertz CT molecular complexity index is 799. The van der Waals surface area contributed by atoms with Gasteiger partial charge < -0.3 is 10.6 Å². The summed E-state index contributed by atoms with van der Waals surface area (Å²) in [6.45, 7) is 6.96. The number of nitrogens with zero attached hydrogens (tertiary/aromatic N) is 2. The lowest BCUT2D eigenvalue weighted by Crippen LogP contribution is -2.32. The summed E-state index contributed by atoms with van der Waals surface area (Å²) in [6, 6.07) is 0. The molecule has 3 heterocycles. The second-order valence-corrected chi connectivity index (χ2v) is 6.83. The van der Waals surface area contributed by atoms with Crippen LogP contribution in [0.1, 0.15) is 40.8 Å². The molecule has 0 aromatic carbocycles. The van der Waals surface area contributed by atoms with E-state index in [-0.39, 0.29) is 23.9 Å². The number of thiophene rings is 1. The van der Waals surface area contributed by atoms with E-state index in [0.29, 0.717) is 21.6 Å². The normalized spacial score (nSPS) is 12.9. The number of nitrogens with one attached hydrogen (secondary N) is 2. The lowest BCUT2D eigenvalue weighted by molar-refractivity contribution is 0.0957. The van der Waals surface area contributed by atoms with Crippen molar-refractivity contribution in [1.82, 2.24) is 20.2 Å². The summed E-state index contributed by atoms with van der Waals surface area (Å²) in [5.74, 6) is 0.729. The Hall–Kier alpha value is -1.44. The van der Waals surface area contributed by atoms with Crippen LogP contribution in [-0.4, -0.2) is 35.1 Å². The van der Waals surface area contributed by atoms with Crippen molar-refractivity contribution in [3.63, 3.8) is 0 Å². The van der Waals surface area contributed by atoms with Crippen LogP contribution < -0.4 is 16.2 Å². The minimum atomic E-state index is -0.117. The van der Waals surface area contributed by atoms with Crippen molar-refractivity contribution in [3.05, 3.63) is 26.6 Å². The van der Waals surface area contributed by atoms with Gasteiger partial charge in [-0.2, -0.15) is 0 Å². The summed E-state index contributed by atoms with van der Waals surface area (Å²) >= 11 is 1.32. The van der Waals surface area contributed by atoms with Gasteiger partial charge in [0.1, 0.15) is 10.7 Å². The van der Waals surface area contributed by atoms with Gasteiger partial charge in [0, 0.05) is 26.1 Å². The van der Waals surface area contributed by atoms with Crippen LogP contribution in [0, 0.1) is 6.92 Å². The molecular formula is C16H23ClN4O2S. The zero-order valence-corrected chi connectivity index (χ0v) is 15.6. The van der Waals surface area contributed by atoms with Crippen molar-refractivity contribution in [3.8, 4) is 0 Å². The van der Waals surface area contributed by atoms with Crippen LogP contribution in [0.15, 0.2) is 4.79 Å². The molecule has 0 saturated carbocycles. The Balaban J connectivity index is 0.00000208. The second-order valence-electron chi connectivity index (χ2n) is 5.83. The Kier molecular flexibility index (Phi) is 6.37. The lowest BCUT2D eigenvalue weighted by Gasteiger charge is -2.05. The van der Waals surface area contributed by atoms with Crippen LogP contribution >= 0.6 is 23.7 Å². The highest BCUT2D eigenvalue weighted by Crippen LogP contribution is 2.28. The minimum absolute atomic E-state index is 0. The number of hydrogen-bond donors (Lipinski definition) is 2. The van der Waals surface area contributed by atoms with E-state index >= 15 is 0 Å². The van der Waals surface area contributed by atoms with E-state index in [1.807, 2.05) is 6.92 Å². The van der Waals surface area contributed by atoms with E-state index in [1.54, 1.807) is 4.57 Å². The summed E-state index contributed by atoms with van der Waals surface area (Å²) in [7, 11) is 0. The molecule has 0 fully saturated rings. The van der Waals surface area contributed by atoms with Crippen LogP contribution in [-0.2, 0) is 13.0 Å². The third kappa shape index (κ3) is 3.48. The molecule has 2 aromatic rings. The fraction of sp³-hybridized carbons (Fsp3) is 0.562. The molecule has 1 amide bonds. The first-order valence-corrected chi connectivity index (χ1v) is 8.96. The van der Waals surface area contributed by atoms with E-state index in [2.05, 4.69) is 22.5 Å². The molecule has 0 aliphatic carbocycles. The molecular weight excluding hydrogens is 348 g/mol. The van der Waals surface area contributed by atoms with Crippen molar-refractivity contribution < 1.29 is 4.79 Å². The highest BCUT2D eigenvalue weighted by Gasteiger charge is 2.22. The first-order chi connectivity index (χ1) is 11.1. The third-order valence-corrected chi connectivity index (χ3v) is 5.32. The Morgan fingerprint density at radius 3 is 2.88 bits per heavy atom. The molecule has 2 aromatic heterocycles. The molecule has 24 heavy (non-hydrogen) atoms. The minimum Gasteiger partial charge on any atom is -0.350 e. The van der Waals surface area contributed by atoms with Crippen molar-refractivity contribution >= 4 is 39.9 Å². The Labute approximate surface area is 151 Å². The monoisotopic (exact) mass is 370 g/mol. The number of carbonyl (C=O) groups excluding carboxylic acids is 1. The standard InChI is InChI=1S/C16H22N4O2S.ClH/c1-3-6-17-7-8-18-14(21)13-10(2)12-15(23-13)19-11-5-4-9-20(11)16(12)22;/h17H,3-9H2,1-2H3,(H,18,21);1H. The van der Waals surface area contributed by atoms with Gasteiger partial charge in [0.2, 0.25) is 0 Å². The Morgan fingerprint density at radius 1 is 1.33 bits per heavy atom. The predicted octanol–water partition coefficient (Wildman–Crippen LogP) is 1.86. The fourth-order valence-corrected chi connectivity index (χ4v) is 4.05. The molecule has 0 spiro atoms. The third-order valence-electron chi connectivity index (χ3n) is 4.13. The van der Waals surface area contributed by atoms with Gasteiger partial charge in [-0.15, -0.1) is 23.7 Å². The van der Waals surface area contributed by atoms with E-state index in [0.717, 1.165) is 50.3 Å². The molecule has 0 bridgehead atoms. The molecule has 0 unspecified atom stereocenters. The topological polar surface area (TPSA) is 76.0 Å². The maximum Gasteiger partial charge on any atom is 0.262 e. The zero-order chi connectivity index (χ0) is 16.4. The van der Waals surface area contributed by atoms with Gasteiger partial charge in [0.15, 0.2) is 0 Å². The molecule has 6 nitrogen and oxygen atoms in total. The van der Waals surface area contributed by atoms with Gasteiger partial charge in [0.25, 0.3) is 11.5 Å². The number of carbonyl (C=O) groups is 1. The molecule has 0 atom stereocenters. The molecule has 8 heteroatoms. The van der Waals surface area contributed by atoms with Crippen LogP contribution in [0.4, 0.5) is 0 Å². The number of hydrogen-bond acceptors (Lipinski definition) is 5. The van der Waals surface area contributed by atoms with Crippen molar-refractivity contribution in [1.29, 1.82) is 0 Å². The van der Waals surface area contributed by atoms with Gasteiger partial charge in [-0.05, 0) is 31.9 Å². The van der Waals surface area contributed by atoms with Crippen molar-refractivity contribution in [2.45, 2.75) is 39.7 Å². The zero-order valence-electron chi connectivity index (χ0n) is 14.0. The van der Waals surface area contributed by atoms with Gasteiger partial charge in [-0.25, -0.2) is 4.98 Å². The summed E-state index contributed by atoms with van der Waals surface area (Å²) in [4.78, 5) is 30.8. The van der Waals surface area contributed by atoms with Gasteiger partial charge in [0.05, 0.1) is 10.3 Å². The van der Waals surface area contributed by atoms with Crippen molar-refractivity contribution in [2.24, 2.45) is 0 Å². The highest BCUT2D eigenvalue weighted by atomic mass is 35.5. The largest absolute Gasteiger partial charge is 0.350 e. The summed E-state index contributed by atoms with van der Waals surface area (Å²) in [5.41, 5.74) is 0.753. The molecule has 0 saturated heterocycles. The first kappa shape index (κ1) is 18.9. The fourth-order valence-electron chi connectivity index (χ4n) is 2.94. The lowest BCUT2D eigenvalue weighted by atomic mass is 10.2.